The van der Waals surface area contributed by atoms with Gasteiger partial charge in [0.2, 0.25) is 0 Å². The van der Waals surface area contributed by atoms with E-state index in [2.05, 4.69) is 134 Å². The van der Waals surface area contributed by atoms with Crippen LogP contribution in [0.5, 0.6) is 0 Å². The lowest BCUT2D eigenvalue weighted by Crippen LogP contribution is -1.94. The van der Waals surface area contributed by atoms with Gasteiger partial charge < -0.3 is 4.57 Å². The molecule has 0 aliphatic carbocycles. The van der Waals surface area contributed by atoms with Crippen molar-refractivity contribution in [2.75, 3.05) is 0 Å². The van der Waals surface area contributed by atoms with Gasteiger partial charge in [-0.15, -0.1) is 0 Å². The third-order valence-corrected chi connectivity index (χ3v) is 7.76. The molecule has 0 atom stereocenters. The SMILES string of the molecule is C=C/C=C\C(=C/C)n1c2ccccc2c2nc(-c3ccc4c5ccc(C)cc5c5ccccc5c4c3)ccc21. The van der Waals surface area contributed by atoms with Gasteiger partial charge in [-0.1, -0.05) is 103 Å². The van der Waals surface area contributed by atoms with Crippen LogP contribution in [0.25, 0.3) is 71.2 Å². The maximum absolute atomic E-state index is 5.26. The van der Waals surface area contributed by atoms with Crippen LogP contribution in [0.4, 0.5) is 0 Å². The van der Waals surface area contributed by atoms with Crippen molar-refractivity contribution in [1.82, 2.24) is 9.55 Å². The zero-order chi connectivity index (χ0) is 26.5. The Bertz CT molecular complexity index is 2130. The molecule has 2 aromatic heterocycles. The maximum atomic E-state index is 5.26. The number of aromatic nitrogens is 2. The van der Waals surface area contributed by atoms with Crippen molar-refractivity contribution < 1.29 is 0 Å². The smallest absolute Gasteiger partial charge is 0.0970 e. The molecule has 7 aromatic rings. The lowest BCUT2D eigenvalue weighted by molar-refractivity contribution is 1.22. The first-order chi connectivity index (χ1) is 19.2. The van der Waals surface area contributed by atoms with Gasteiger partial charge in [-0.3, -0.25) is 0 Å². The van der Waals surface area contributed by atoms with E-state index in [0.717, 1.165) is 38.9 Å². The summed E-state index contributed by atoms with van der Waals surface area (Å²) >= 11 is 0. The highest BCUT2D eigenvalue weighted by atomic mass is 15.0. The number of hydrogen-bond acceptors (Lipinski definition) is 1. The van der Waals surface area contributed by atoms with E-state index >= 15 is 0 Å². The third kappa shape index (κ3) is 3.60. The second-order valence-electron chi connectivity index (χ2n) is 10.1. The molecule has 186 valence electrons. The summed E-state index contributed by atoms with van der Waals surface area (Å²) in [5, 5.41) is 8.85. The lowest BCUT2D eigenvalue weighted by atomic mass is 9.92. The van der Waals surface area contributed by atoms with Crippen molar-refractivity contribution >= 4 is 60.0 Å². The van der Waals surface area contributed by atoms with Crippen molar-refractivity contribution in [3.63, 3.8) is 0 Å². The number of allylic oxidation sites excluding steroid dienone is 5. The van der Waals surface area contributed by atoms with Gasteiger partial charge in [-0.05, 0) is 76.5 Å². The molecule has 2 heteroatoms. The zero-order valence-electron chi connectivity index (χ0n) is 22.1. The van der Waals surface area contributed by atoms with E-state index in [-0.39, 0.29) is 0 Å². The van der Waals surface area contributed by atoms with Crippen LogP contribution in [-0.2, 0) is 0 Å². The number of fused-ring (bicyclic) bond motifs is 9. The molecule has 0 aliphatic rings. The van der Waals surface area contributed by atoms with Gasteiger partial charge in [0.05, 0.1) is 22.2 Å². The Kier molecular flexibility index (Phi) is 5.42. The molecule has 0 spiro atoms. The van der Waals surface area contributed by atoms with E-state index in [1.165, 1.54) is 37.9 Å². The van der Waals surface area contributed by atoms with Crippen LogP contribution in [0, 0.1) is 6.92 Å². The molecule has 39 heavy (non-hydrogen) atoms. The van der Waals surface area contributed by atoms with Crippen LogP contribution < -0.4 is 0 Å². The van der Waals surface area contributed by atoms with Crippen molar-refractivity contribution in [2.24, 2.45) is 0 Å². The average Bonchev–Trinajstić information content (AvgIpc) is 3.31. The molecular weight excluding hydrogens is 472 g/mol. The molecule has 2 nitrogen and oxygen atoms in total. The van der Waals surface area contributed by atoms with Gasteiger partial charge >= 0.3 is 0 Å². The fourth-order valence-corrected chi connectivity index (χ4v) is 5.96. The van der Waals surface area contributed by atoms with Crippen LogP contribution in [0.3, 0.4) is 0 Å². The lowest BCUT2D eigenvalue weighted by Gasteiger charge is -2.12. The van der Waals surface area contributed by atoms with Gasteiger partial charge in [-0.2, -0.15) is 0 Å². The highest BCUT2D eigenvalue weighted by molar-refractivity contribution is 6.25. The number of benzene rings is 5. The molecule has 0 unspecified atom stereocenters. The predicted octanol–water partition coefficient (Wildman–Crippen LogP) is 10.2. The first-order valence-electron chi connectivity index (χ1n) is 13.4. The fourth-order valence-electron chi connectivity index (χ4n) is 5.96. The average molecular weight is 501 g/mol. The largest absolute Gasteiger partial charge is 0.308 e. The van der Waals surface area contributed by atoms with Crippen molar-refractivity contribution in [3.05, 3.63) is 134 Å². The Hall–Kier alpha value is -4.95. The van der Waals surface area contributed by atoms with E-state index in [0.29, 0.717) is 0 Å². The summed E-state index contributed by atoms with van der Waals surface area (Å²) in [6.45, 7) is 8.07. The Morgan fingerprint density at radius 2 is 1.36 bits per heavy atom. The molecule has 2 heterocycles. The maximum Gasteiger partial charge on any atom is 0.0970 e. The monoisotopic (exact) mass is 500 g/mol. The van der Waals surface area contributed by atoms with E-state index in [1.54, 1.807) is 0 Å². The van der Waals surface area contributed by atoms with Crippen molar-refractivity contribution in [3.8, 4) is 11.3 Å². The van der Waals surface area contributed by atoms with Crippen molar-refractivity contribution in [2.45, 2.75) is 13.8 Å². The van der Waals surface area contributed by atoms with Gasteiger partial charge in [0.1, 0.15) is 0 Å². The Morgan fingerprint density at radius 1 is 0.692 bits per heavy atom. The highest BCUT2D eigenvalue weighted by Crippen LogP contribution is 2.38. The minimum absolute atomic E-state index is 0.976. The molecule has 0 N–H and O–H groups in total. The molecule has 0 radical (unpaired) electrons. The van der Waals surface area contributed by atoms with Gasteiger partial charge in [0.25, 0.3) is 0 Å². The van der Waals surface area contributed by atoms with Gasteiger partial charge in [-0.25, -0.2) is 4.98 Å². The fraction of sp³-hybridized carbons (Fsp3) is 0.0541. The first kappa shape index (κ1) is 23.2. The standard InChI is InChI=1S/C37H28N2/c1-4-6-11-26(5-2)39-35-15-10-9-14-31(35)37-36(39)21-20-34(38-37)25-17-19-30-29-18-16-24(3)22-32(29)27-12-7-8-13-28(27)33(30)23-25/h4-23H,1H2,2-3H3/b11-6-,26-5+. The van der Waals surface area contributed by atoms with E-state index in [1.807, 2.05) is 12.2 Å². The Labute approximate surface area is 227 Å². The Morgan fingerprint density at radius 3 is 2.10 bits per heavy atom. The highest BCUT2D eigenvalue weighted by Gasteiger charge is 2.15. The molecular formula is C37H28N2. The number of rotatable bonds is 4. The predicted molar refractivity (Wildman–Crippen MR) is 169 cm³/mol. The Balaban J connectivity index is 1.49. The van der Waals surface area contributed by atoms with Crippen LogP contribution in [0.2, 0.25) is 0 Å². The summed E-state index contributed by atoms with van der Waals surface area (Å²) < 4.78 is 2.28. The molecule has 7 rings (SSSR count). The van der Waals surface area contributed by atoms with Crippen LogP contribution in [-0.4, -0.2) is 9.55 Å². The summed E-state index contributed by atoms with van der Waals surface area (Å²) in [5.74, 6) is 0. The molecule has 0 aliphatic heterocycles. The second-order valence-corrected chi connectivity index (χ2v) is 10.1. The number of para-hydroxylation sites is 1. The normalized spacial score (nSPS) is 12.5. The number of pyridine rings is 1. The summed E-state index contributed by atoms with van der Waals surface area (Å²) in [5.41, 5.74) is 7.71. The molecule has 0 fully saturated rings. The number of hydrogen-bond donors (Lipinski definition) is 0. The molecule has 0 saturated heterocycles. The minimum atomic E-state index is 0.976. The molecule has 0 bridgehead atoms. The minimum Gasteiger partial charge on any atom is -0.308 e. The molecule has 0 saturated carbocycles. The zero-order valence-corrected chi connectivity index (χ0v) is 22.1. The second kappa shape index (κ2) is 9.11. The van der Waals surface area contributed by atoms with Gasteiger partial charge in [0.15, 0.2) is 0 Å². The van der Waals surface area contributed by atoms with E-state index < -0.39 is 0 Å². The summed E-state index contributed by atoms with van der Waals surface area (Å²) in [6.07, 6.45) is 8.00. The number of aryl methyl sites for hydroxylation is 1. The van der Waals surface area contributed by atoms with E-state index in [4.69, 9.17) is 4.98 Å². The van der Waals surface area contributed by atoms with Crippen LogP contribution in [0.15, 0.2) is 128 Å². The summed E-state index contributed by atoms with van der Waals surface area (Å²) in [6, 6.07) is 35.2. The quantitative estimate of drug-likeness (QED) is 0.174. The van der Waals surface area contributed by atoms with Crippen LogP contribution in [0.1, 0.15) is 12.5 Å². The van der Waals surface area contributed by atoms with Crippen LogP contribution >= 0.6 is 0 Å². The topological polar surface area (TPSA) is 17.8 Å². The number of nitrogens with zero attached hydrogens (tertiary/aromatic N) is 2. The molecule has 0 amide bonds. The first-order valence-corrected chi connectivity index (χ1v) is 13.4. The van der Waals surface area contributed by atoms with E-state index in [9.17, 15) is 0 Å². The summed E-state index contributed by atoms with van der Waals surface area (Å²) in [4.78, 5) is 5.26. The summed E-state index contributed by atoms with van der Waals surface area (Å²) in [7, 11) is 0. The molecule has 5 aromatic carbocycles. The van der Waals surface area contributed by atoms with Gasteiger partial charge in [0, 0.05) is 16.6 Å². The third-order valence-electron chi connectivity index (χ3n) is 7.76. The van der Waals surface area contributed by atoms with Crippen molar-refractivity contribution in [1.29, 1.82) is 0 Å².